The molecule has 1 N–H and O–H groups in total. The first kappa shape index (κ1) is 13.5. The molecular formula is C15H20OSi. The molecule has 0 bridgehead atoms. The quantitative estimate of drug-likeness (QED) is 0.574. The van der Waals surface area contributed by atoms with Gasteiger partial charge >= 0.3 is 0 Å². The van der Waals surface area contributed by atoms with Crippen LogP contribution in [0.25, 0.3) is 0 Å². The molecule has 1 rings (SSSR count). The van der Waals surface area contributed by atoms with Crippen LogP contribution in [0.15, 0.2) is 62.2 Å². The number of para-hydroxylation sites is 1. The molecule has 0 heterocycles. The molecule has 0 amide bonds. The summed E-state index contributed by atoms with van der Waals surface area (Å²) < 4.78 is 0. The fraction of sp³-hybridized carbons (Fsp3) is 0.200. The van der Waals surface area contributed by atoms with Gasteiger partial charge in [0.15, 0.2) is 0 Å². The maximum atomic E-state index is 10.1. The van der Waals surface area contributed by atoms with Crippen LogP contribution < -0.4 is 5.19 Å². The highest BCUT2D eigenvalue weighted by atomic mass is 28.3. The van der Waals surface area contributed by atoms with E-state index < -0.39 is 8.07 Å². The second-order valence-corrected chi connectivity index (χ2v) is 8.60. The summed E-state index contributed by atoms with van der Waals surface area (Å²) in [5.74, 6) is 0.393. The van der Waals surface area contributed by atoms with Gasteiger partial charge in [-0.1, -0.05) is 36.4 Å². The molecule has 0 saturated heterocycles. The van der Waals surface area contributed by atoms with Gasteiger partial charge in [-0.3, -0.25) is 0 Å². The average Bonchev–Trinajstić information content (AvgIpc) is 2.30. The monoisotopic (exact) mass is 244 g/mol. The summed E-state index contributed by atoms with van der Waals surface area (Å²) in [5.41, 5.74) is 0. The molecule has 2 heteroatoms. The van der Waals surface area contributed by atoms with Crippen molar-refractivity contribution in [2.24, 2.45) is 0 Å². The number of phenolic OH excluding ortho intramolecular Hbond substituents is 1. The minimum absolute atomic E-state index is 0.393. The summed E-state index contributed by atoms with van der Waals surface area (Å²) in [5, 5.41) is 11.1. The third kappa shape index (κ3) is 2.98. The van der Waals surface area contributed by atoms with Gasteiger partial charge in [-0.05, 0) is 29.4 Å². The highest BCUT2D eigenvalue weighted by molar-refractivity contribution is 6.93. The van der Waals surface area contributed by atoms with Gasteiger partial charge in [0.25, 0.3) is 0 Å². The molecule has 1 nitrogen and oxygen atoms in total. The summed E-state index contributed by atoms with van der Waals surface area (Å²) in [6.07, 6.45) is 5.85. The van der Waals surface area contributed by atoms with Crippen LogP contribution >= 0.6 is 0 Å². The van der Waals surface area contributed by atoms with E-state index in [1.165, 1.54) is 0 Å². The second kappa shape index (κ2) is 6.26. The van der Waals surface area contributed by atoms with E-state index in [0.717, 1.165) is 23.3 Å². The molecule has 0 aromatic heterocycles. The minimum Gasteiger partial charge on any atom is -0.508 e. The second-order valence-electron chi connectivity index (χ2n) is 4.28. The van der Waals surface area contributed by atoms with Crippen molar-refractivity contribution in [2.75, 3.05) is 0 Å². The van der Waals surface area contributed by atoms with Gasteiger partial charge in [-0.25, -0.2) is 0 Å². The van der Waals surface area contributed by atoms with E-state index in [9.17, 15) is 5.11 Å². The smallest absolute Gasteiger partial charge is 0.114 e. The number of phenols is 1. The Balaban J connectivity index is 3.28. The van der Waals surface area contributed by atoms with Gasteiger partial charge in [0.05, 0.1) is 0 Å². The number of allylic oxidation sites excluding steroid dienone is 3. The standard InChI is InChI=1S/C15H20OSi/c1-4-11-17(12-5-2,13-6-3)15-10-8-7-9-14(15)16/h4-10,16H,1-3,11-13H2. The van der Waals surface area contributed by atoms with Crippen molar-refractivity contribution in [3.8, 4) is 5.75 Å². The normalized spacial score (nSPS) is 10.8. The van der Waals surface area contributed by atoms with Crippen LogP contribution in [0.4, 0.5) is 0 Å². The molecule has 0 saturated carbocycles. The van der Waals surface area contributed by atoms with Crippen molar-refractivity contribution >= 4 is 13.3 Å². The molecular weight excluding hydrogens is 224 g/mol. The molecule has 90 valence electrons. The fourth-order valence-corrected chi connectivity index (χ4v) is 6.22. The molecule has 0 aliphatic heterocycles. The highest BCUT2D eigenvalue weighted by Crippen LogP contribution is 2.26. The van der Waals surface area contributed by atoms with Gasteiger partial charge in [0.1, 0.15) is 13.8 Å². The van der Waals surface area contributed by atoms with Gasteiger partial charge in [0, 0.05) is 0 Å². The van der Waals surface area contributed by atoms with E-state index >= 15 is 0 Å². The van der Waals surface area contributed by atoms with Crippen molar-refractivity contribution in [3.05, 3.63) is 62.2 Å². The van der Waals surface area contributed by atoms with Gasteiger partial charge in [-0.2, -0.15) is 0 Å². The van der Waals surface area contributed by atoms with Crippen LogP contribution in [0, 0.1) is 0 Å². The zero-order valence-electron chi connectivity index (χ0n) is 10.2. The Morgan fingerprint density at radius 2 is 1.41 bits per heavy atom. The number of aromatic hydroxyl groups is 1. The van der Waals surface area contributed by atoms with Crippen LogP contribution in [-0.2, 0) is 0 Å². The van der Waals surface area contributed by atoms with Crippen molar-refractivity contribution in [3.63, 3.8) is 0 Å². The predicted molar refractivity (Wildman–Crippen MR) is 78.5 cm³/mol. The summed E-state index contributed by atoms with van der Waals surface area (Å²) in [4.78, 5) is 0. The van der Waals surface area contributed by atoms with E-state index in [-0.39, 0.29) is 0 Å². The Bertz CT molecular complexity index is 383. The van der Waals surface area contributed by atoms with E-state index in [0.29, 0.717) is 5.75 Å². The molecule has 1 aromatic rings. The first-order chi connectivity index (χ1) is 8.20. The predicted octanol–water partition coefficient (Wildman–Crippen LogP) is 3.61. The maximum Gasteiger partial charge on any atom is 0.114 e. The van der Waals surface area contributed by atoms with E-state index in [1.54, 1.807) is 6.07 Å². The van der Waals surface area contributed by atoms with Gasteiger partial charge in [-0.15, -0.1) is 19.7 Å². The van der Waals surface area contributed by atoms with E-state index in [4.69, 9.17) is 0 Å². The van der Waals surface area contributed by atoms with Crippen molar-refractivity contribution in [1.29, 1.82) is 0 Å². The fourth-order valence-electron chi connectivity index (χ4n) is 2.33. The largest absolute Gasteiger partial charge is 0.508 e. The van der Waals surface area contributed by atoms with Crippen molar-refractivity contribution in [1.82, 2.24) is 0 Å². The Labute approximate surface area is 105 Å². The van der Waals surface area contributed by atoms with Gasteiger partial charge < -0.3 is 5.11 Å². The van der Waals surface area contributed by atoms with E-state index in [2.05, 4.69) is 19.7 Å². The molecule has 0 radical (unpaired) electrons. The van der Waals surface area contributed by atoms with Crippen molar-refractivity contribution in [2.45, 2.75) is 18.1 Å². The third-order valence-corrected chi connectivity index (χ3v) is 7.86. The van der Waals surface area contributed by atoms with Gasteiger partial charge in [0.2, 0.25) is 0 Å². The zero-order chi connectivity index (χ0) is 12.7. The molecule has 17 heavy (non-hydrogen) atoms. The SMILES string of the molecule is C=CC[Si](CC=C)(CC=C)c1ccccc1O. The van der Waals surface area contributed by atoms with Crippen LogP contribution in [0.3, 0.4) is 0 Å². The summed E-state index contributed by atoms with van der Waals surface area (Å²) in [7, 11) is -1.82. The van der Waals surface area contributed by atoms with Crippen LogP contribution in [-0.4, -0.2) is 13.2 Å². The third-order valence-electron chi connectivity index (χ3n) is 3.08. The molecule has 0 aliphatic rings. The lowest BCUT2D eigenvalue weighted by molar-refractivity contribution is 0.479. The lowest BCUT2D eigenvalue weighted by Crippen LogP contribution is -2.46. The Hall–Kier alpha value is -1.54. The summed E-state index contributed by atoms with van der Waals surface area (Å²) in [6.45, 7) is 11.5. The molecule has 1 aromatic carbocycles. The van der Waals surface area contributed by atoms with E-state index in [1.807, 2.05) is 36.4 Å². The Kier molecular flexibility index (Phi) is 4.98. The van der Waals surface area contributed by atoms with Crippen LogP contribution in [0.2, 0.25) is 18.1 Å². The number of rotatable bonds is 7. The molecule has 0 aliphatic carbocycles. The minimum atomic E-state index is -1.82. The summed E-state index contributed by atoms with van der Waals surface area (Å²) >= 11 is 0. The lowest BCUT2D eigenvalue weighted by Gasteiger charge is -2.29. The molecule has 0 spiro atoms. The average molecular weight is 244 g/mol. The van der Waals surface area contributed by atoms with Crippen molar-refractivity contribution < 1.29 is 5.11 Å². The first-order valence-corrected chi connectivity index (χ1v) is 8.43. The van der Waals surface area contributed by atoms with Crippen LogP contribution in [0.1, 0.15) is 0 Å². The van der Waals surface area contributed by atoms with Crippen LogP contribution in [0.5, 0.6) is 5.75 Å². The Morgan fingerprint density at radius 1 is 0.941 bits per heavy atom. The lowest BCUT2D eigenvalue weighted by atomic mass is 10.3. The number of hydrogen-bond donors (Lipinski definition) is 1. The first-order valence-electron chi connectivity index (χ1n) is 5.81. The Morgan fingerprint density at radius 3 is 1.82 bits per heavy atom. The highest BCUT2D eigenvalue weighted by Gasteiger charge is 2.33. The molecule has 0 unspecified atom stereocenters. The molecule has 0 atom stereocenters. The number of benzene rings is 1. The summed E-state index contributed by atoms with van der Waals surface area (Å²) in [6, 6.07) is 10.4. The topological polar surface area (TPSA) is 20.2 Å². The zero-order valence-corrected chi connectivity index (χ0v) is 11.2. The molecule has 0 fully saturated rings. The number of hydrogen-bond acceptors (Lipinski definition) is 1. The maximum absolute atomic E-state index is 10.1.